The quantitative estimate of drug-likeness (QED) is 0.900. The maximum Gasteiger partial charge on any atom is 0.155 e. The fraction of sp³-hybridized carbons (Fsp3) is 0.562. The van der Waals surface area contributed by atoms with E-state index in [1.165, 1.54) is 12.8 Å². The molecular formula is C16H22Cl2N2O. The summed E-state index contributed by atoms with van der Waals surface area (Å²) in [7, 11) is 3.93. The maximum absolute atomic E-state index is 12.7. The zero-order chi connectivity index (χ0) is 15.4. The topological polar surface area (TPSA) is 32.3 Å². The van der Waals surface area contributed by atoms with Gasteiger partial charge < -0.3 is 5.32 Å². The zero-order valence-electron chi connectivity index (χ0n) is 12.5. The molecule has 0 aromatic heterocycles. The average Bonchev–Trinajstić information content (AvgIpc) is 2.44. The summed E-state index contributed by atoms with van der Waals surface area (Å²) in [5.74, 6) is 0.220. The number of piperidine rings is 1. The molecule has 5 heteroatoms. The molecule has 0 amide bonds. The standard InChI is InChI=1S/C16H22Cl2N2O/c1-20(2)16(14-5-3-4-8-19-14)15(21)10-11-6-7-12(17)13(18)9-11/h6-7,9,14,16,19H,3-5,8,10H2,1-2H3. The Morgan fingerprint density at radius 2 is 2.10 bits per heavy atom. The van der Waals surface area contributed by atoms with Gasteiger partial charge in [0.05, 0.1) is 16.1 Å². The SMILES string of the molecule is CN(C)C(C(=O)Cc1ccc(Cl)c(Cl)c1)C1CCCCN1. The molecule has 1 fully saturated rings. The van der Waals surface area contributed by atoms with Gasteiger partial charge in [-0.05, 0) is 51.2 Å². The zero-order valence-corrected chi connectivity index (χ0v) is 14.0. The van der Waals surface area contributed by atoms with Crippen molar-refractivity contribution in [3.05, 3.63) is 33.8 Å². The lowest BCUT2D eigenvalue weighted by Crippen LogP contribution is -2.53. The molecule has 2 rings (SSSR count). The van der Waals surface area contributed by atoms with Crippen LogP contribution in [0.5, 0.6) is 0 Å². The lowest BCUT2D eigenvalue weighted by atomic mass is 9.91. The molecule has 0 aliphatic carbocycles. The van der Waals surface area contributed by atoms with Gasteiger partial charge in [-0.2, -0.15) is 0 Å². The summed E-state index contributed by atoms with van der Waals surface area (Å²) in [6.45, 7) is 0.995. The molecule has 1 aliphatic rings. The number of nitrogens with one attached hydrogen (secondary N) is 1. The molecule has 1 saturated heterocycles. The van der Waals surface area contributed by atoms with Crippen LogP contribution in [0.1, 0.15) is 24.8 Å². The number of ketones is 1. The van der Waals surface area contributed by atoms with E-state index in [1.54, 1.807) is 12.1 Å². The van der Waals surface area contributed by atoms with E-state index in [9.17, 15) is 4.79 Å². The first kappa shape index (κ1) is 16.8. The van der Waals surface area contributed by atoms with E-state index in [-0.39, 0.29) is 17.9 Å². The van der Waals surface area contributed by atoms with Crippen LogP contribution in [0.15, 0.2) is 18.2 Å². The van der Waals surface area contributed by atoms with E-state index >= 15 is 0 Å². The van der Waals surface area contributed by atoms with Crippen molar-refractivity contribution < 1.29 is 4.79 Å². The van der Waals surface area contributed by atoms with Crippen molar-refractivity contribution in [1.29, 1.82) is 0 Å². The molecule has 1 aromatic carbocycles. The third-order valence-electron chi connectivity index (χ3n) is 3.98. The van der Waals surface area contributed by atoms with E-state index < -0.39 is 0 Å². The van der Waals surface area contributed by atoms with Crippen LogP contribution in [-0.2, 0) is 11.2 Å². The van der Waals surface area contributed by atoms with Gasteiger partial charge in [0.2, 0.25) is 0 Å². The number of hydrogen-bond donors (Lipinski definition) is 1. The van der Waals surface area contributed by atoms with Gasteiger partial charge in [-0.15, -0.1) is 0 Å². The summed E-state index contributed by atoms with van der Waals surface area (Å²) in [5, 5.41) is 4.50. The monoisotopic (exact) mass is 328 g/mol. The average molecular weight is 329 g/mol. The van der Waals surface area contributed by atoms with Gasteiger partial charge in [0, 0.05) is 12.5 Å². The highest BCUT2D eigenvalue weighted by Gasteiger charge is 2.30. The van der Waals surface area contributed by atoms with E-state index in [1.807, 2.05) is 25.1 Å². The third kappa shape index (κ3) is 4.43. The highest BCUT2D eigenvalue weighted by atomic mass is 35.5. The van der Waals surface area contributed by atoms with Gasteiger partial charge in [0.15, 0.2) is 5.78 Å². The number of carbonyl (C=O) groups is 1. The summed E-state index contributed by atoms with van der Waals surface area (Å²) in [4.78, 5) is 14.7. The number of rotatable bonds is 5. The van der Waals surface area contributed by atoms with Crippen LogP contribution in [0.2, 0.25) is 10.0 Å². The van der Waals surface area contributed by atoms with E-state index in [0.717, 1.165) is 18.5 Å². The van der Waals surface area contributed by atoms with Crippen LogP contribution >= 0.6 is 23.2 Å². The second-order valence-corrected chi connectivity index (χ2v) is 6.67. The Kier molecular flexibility index (Phi) is 6.06. The van der Waals surface area contributed by atoms with Crippen molar-refractivity contribution in [1.82, 2.24) is 10.2 Å². The first-order chi connectivity index (χ1) is 9.99. The normalized spacial score (nSPS) is 20.5. The minimum absolute atomic E-state index is 0.0975. The molecule has 0 spiro atoms. The highest BCUT2D eigenvalue weighted by molar-refractivity contribution is 6.42. The molecule has 2 atom stereocenters. The number of hydrogen-bond acceptors (Lipinski definition) is 3. The lowest BCUT2D eigenvalue weighted by Gasteiger charge is -2.34. The second kappa shape index (κ2) is 7.59. The van der Waals surface area contributed by atoms with Crippen LogP contribution in [0.3, 0.4) is 0 Å². The smallest absolute Gasteiger partial charge is 0.155 e. The van der Waals surface area contributed by atoms with Gasteiger partial charge in [-0.3, -0.25) is 9.69 Å². The predicted octanol–water partition coefficient (Wildman–Crippen LogP) is 3.18. The summed E-state index contributed by atoms with van der Waals surface area (Å²) < 4.78 is 0. The van der Waals surface area contributed by atoms with Crippen LogP contribution in [0, 0.1) is 0 Å². The second-order valence-electron chi connectivity index (χ2n) is 5.86. The molecule has 3 nitrogen and oxygen atoms in total. The molecular weight excluding hydrogens is 307 g/mol. The number of likely N-dealkylation sites (N-methyl/N-ethyl adjacent to an activating group) is 1. The summed E-state index contributed by atoms with van der Waals surface area (Å²) in [6.07, 6.45) is 3.81. The predicted molar refractivity (Wildman–Crippen MR) is 88.3 cm³/mol. The summed E-state index contributed by atoms with van der Waals surface area (Å²) in [5.41, 5.74) is 0.914. The van der Waals surface area contributed by atoms with Crippen molar-refractivity contribution in [3.8, 4) is 0 Å². The number of nitrogens with zero attached hydrogens (tertiary/aromatic N) is 1. The fourth-order valence-electron chi connectivity index (χ4n) is 2.98. The molecule has 1 N–H and O–H groups in total. The first-order valence-corrected chi connectivity index (χ1v) is 8.11. The molecule has 0 radical (unpaired) electrons. The molecule has 116 valence electrons. The van der Waals surface area contributed by atoms with E-state index in [4.69, 9.17) is 23.2 Å². The van der Waals surface area contributed by atoms with Crippen LogP contribution < -0.4 is 5.32 Å². The van der Waals surface area contributed by atoms with Gasteiger partial charge in [0.25, 0.3) is 0 Å². The van der Waals surface area contributed by atoms with Gasteiger partial charge >= 0.3 is 0 Å². The Morgan fingerprint density at radius 3 is 2.67 bits per heavy atom. The third-order valence-corrected chi connectivity index (χ3v) is 4.72. The number of Topliss-reactive ketones (excluding diaryl/α,β-unsaturated/α-hetero) is 1. The number of carbonyl (C=O) groups excluding carboxylic acids is 1. The van der Waals surface area contributed by atoms with Crippen molar-refractivity contribution in [2.45, 2.75) is 37.8 Å². The minimum atomic E-state index is -0.0975. The molecule has 1 heterocycles. The van der Waals surface area contributed by atoms with E-state index in [2.05, 4.69) is 5.32 Å². The van der Waals surface area contributed by atoms with Crippen LogP contribution in [0.4, 0.5) is 0 Å². The Morgan fingerprint density at radius 1 is 1.33 bits per heavy atom. The highest BCUT2D eigenvalue weighted by Crippen LogP contribution is 2.23. The Hall–Kier alpha value is -0.610. The summed E-state index contributed by atoms with van der Waals surface area (Å²) >= 11 is 11.9. The minimum Gasteiger partial charge on any atom is -0.312 e. The molecule has 1 aromatic rings. The Balaban J connectivity index is 2.09. The Bertz CT molecular complexity index is 499. The first-order valence-electron chi connectivity index (χ1n) is 7.35. The van der Waals surface area contributed by atoms with Crippen molar-refractivity contribution >= 4 is 29.0 Å². The number of benzene rings is 1. The fourth-order valence-corrected chi connectivity index (χ4v) is 3.30. The Labute approximate surface area is 136 Å². The molecule has 1 aliphatic heterocycles. The van der Waals surface area contributed by atoms with Crippen molar-refractivity contribution in [2.24, 2.45) is 0 Å². The molecule has 0 saturated carbocycles. The van der Waals surface area contributed by atoms with Gasteiger partial charge in [0.1, 0.15) is 0 Å². The maximum atomic E-state index is 12.7. The van der Waals surface area contributed by atoms with Crippen LogP contribution in [-0.4, -0.2) is 43.4 Å². The molecule has 21 heavy (non-hydrogen) atoms. The number of halogens is 2. The van der Waals surface area contributed by atoms with Crippen LogP contribution in [0.25, 0.3) is 0 Å². The lowest BCUT2D eigenvalue weighted by molar-refractivity contribution is -0.124. The van der Waals surface area contributed by atoms with E-state index in [0.29, 0.717) is 16.5 Å². The summed E-state index contributed by atoms with van der Waals surface area (Å²) in [6, 6.07) is 5.54. The largest absolute Gasteiger partial charge is 0.312 e. The van der Waals surface area contributed by atoms with Crippen molar-refractivity contribution in [3.63, 3.8) is 0 Å². The van der Waals surface area contributed by atoms with Crippen molar-refractivity contribution in [2.75, 3.05) is 20.6 Å². The van der Waals surface area contributed by atoms with Gasteiger partial charge in [-0.1, -0.05) is 35.7 Å². The molecule has 0 bridgehead atoms. The molecule has 2 unspecified atom stereocenters. The van der Waals surface area contributed by atoms with Gasteiger partial charge in [-0.25, -0.2) is 0 Å².